The highest BCUT2D eigenvalue weighted by molar-refractivity contribution is 9.10. The molecule has 108 valence electrons. The average Bonchev–Trinajstić information content (AvgIpc) is 2.41. The Morgan fingerprint density at radius 3 is 2.63 bits per heavy atom. The van der Waals surface area contributed by atoms with Crippen molar-refractivity contribution in [3.05, 3.63) is 22.2 Å². The minimum atomic E-state index is 0.721. The van der Waals surface area contributed by atoms with Gasteiger partial charge in [-0.3, -0.25) is 0 Å². The molecule has 0 fully saturated rings. The van der Waals surface area contributed by atoms with Gasteiger partial charge in [-0.1, -0.05) is 20.3 Å². The highest BCUT2D eigenvalue weighted by atomic mass is 79.9. The molecular formula is C15H24BrNO2. The lowest BCUT2D eigenvalue weighted by Crippen LogP contribution is -2.14. The highest BCUT2D eigenvalue weighted by Gasteiger charge is 2.11. The number of methoxy groups -OCH3 is 1. The van der Waals surface area contributed by atoms with Gasteiger partial charge in [-0.05, 0) is 53.0 Å². The fourth-order valence-corrected chi connectivity index (χ4v) is 2.35. The van der Waals surface area contributed by atoms with Crippen LogP contribution in [-0.2, 0) is 6.54 Å². The zero-order valence-corrected chi connectivity index (χ0v) is 13.7. The number of nitrogens with one attached hydrogen (secondary N) is 1. The summed E-state index contributed by atoms with van der Waals surface area (Å²) < 4.78 is 12.2. The summed E-state index contributed by atoms with van der Waals surface area (Å²) in [6, 6.07) is 4.13. The molecule has 0 aliphatic rings. The lowest BCUT2D eigenvalue weighted by atomic mass is 10.2. The van der Waals surface area contributed by atoms with Gasteiger partial charge in [0.05, 0.1) is 18.2 Å². The van der Waals surface area contributed by atoms with Crippen molar-refractivity contribution in [2.45, 2.75) is 39.7 Å². The van der Waals surface area contributed by atoms with Gasteiger partial charge < -0.3 is 14.8 Å². The molecule has 4 heteroatoms. The summed E-state index contributed by atoms with van der Waals surface area (Å²) in [4.78, 5) is 0. The fourth-order valence-electron chi connectivity index (χ4n) is 1.74. The maximum absolute atomic E-state index is 5.79. The number of benzene rings is 1. The standard InChI is InChI=1S/C15H24BrNO2/c1-4-6-8-19-15-13(16)9-12(10-14(15)18-3)11-17-7-5-2/h9-10,17H,4-8,11H2,1-3H3. The molecule has 0 saturated heterocycles. The number of hydrogen-bond acceptors (Lipinski definition) is 3. The first-order valence-electron chi connectivity index (χ1n) is 6.92. The topological polar surface area (TPSA) is 30.5 Å². The van der Waals surface area contributed by atoms with Crippen LogP contribution in [0.3, 0.4) is 0 Å². The third-order valence-corrected chi connectivity index (χ3v) is 3.38. The average molecular weight is 330 g/mol. The maximum atomic E-state index is 5.79. The second-order valence-corrected chi connectivity index (χ2v) is 5.34. The summed E-state index contributed by atoms with van der Waals surface area (Å²) >= 11 is 3.57. The fraction of sp³-hybridized carbons (Fsp3) is 0.600. The Labute approximate surface area is 124 Å². The lowest BCUT2D eigenvalue weighted by molar-refractivity contribution is 0.286. The van der Waals surface area contributed by atoms with Gasteiger partial charge in [-0.15, -0.1) is 0 Å². The molecule has 0 unspecified atom stereocenters. The van der Waals surface area contributed by atoms with Gasteiger partial charge in [-0.2, -0.15) is 0 Å². The molecule has 0 aliphatic carbocycles. The van der Waals surface area contributed by atoms with E-state index in [4.69, 9.17) is 9.47 Å². The third kappa shape index (κ3) is 5.41. The van der Waals surface area contributed by atoms with Crippen molar-refractivity contribution in [1.82, 2.24) is 5.32 Å². The van der Waals surface area contributed by atoms with Crippen LogP contribution in [0, 0.1) is 0 Å². The summed E-state index contributed by atoms with van der Waals surface area (Å²) in [5, 5.41) is 3.38. The van der Waals surface area contributed by atoms with E-state index >= 15 is 0 Å². The Hall–Kier alpha value is -0.740. The monoisotopic (exact) mass is 329 g/mol. The Bertz CT molecular complexity index is 383. The first-order valence-corrected chi connectivity index (χ1v) is 7.72. The van der Waals surface area contributed by atoms with Crippen molar-refractivity contribution >= 4 is 15.9 Å². The molecule has 0 aromatic heterocycles. The minimum absolute atomic E-state index is 0.721. The van der Waals surface area contributed by atoms with Crippen molar-refractivity contribution in [1.29, 1.82) is 0 Å². The van der Waals surface area contributed by atoms with Gasteiger partial charge in [0.15, 0.2) is 11.5 Å². The van der Waals surface area contributed by atoms with Crippen molar-refractivity contribution < 1.29 is 9.47 Å². The van der Waals surface area contributed by atoms with E-state index in [1.165, 1.54) is 5.56 Å². The van der Waals surface area contributed by atoms with Crippen LogP contribution in [0.2, 0.25) is 0 Å². The van der Waals surface area contributed by atoms with E-state index in [-0.39, 0.29) is 0 Å². The zero-order chi connectivity index (χ0) is 14.1. The van der Waals surface area contributed by atoms with Crippen molar-refractivity contribution in [3.63, 3.8) is 0 Å². The molecule has 0 saturated carbocycles. The molecule has 0 spiro atoms. The van der Waals surface area contributed by atoms with E-state index < -0.39 is 0 Å². The Kier molecular flexibility index (Phi) is 7.91. The second kappa shape index (κ2) is 9.21. The van der Waals surface area contributed by atoms with Crippen molar-refractivity contribution in [3.8, 4) is 11.5 Å². The van der Waals surface area contributed by atoms with Crippen LogP contribution in [0.4, 0.5) is 0 Å². The normalized spacial score (nSPS) is 10.5. The molecule has 0 amide bonds. The molecule has 0 aliphatic heterocycles. The summed E-state index contributed by atoms with van der Waals surface area (Å²) in [7, 11) is 1.68. The predicted molar refractivity (Wildman–Crippen MR) is 83.1 cm³/mol. The van der Waals surface area contributed by atoms with Crippen LogP contribution >= 0.6 is 15.9 Å². The SMILES string of the molecule is CCCCOc1c(Br)cc(CNCCC)cc1OC. The molecule has 1 N–H and O–H groups in total. The minimum Gasteiger partial charge on any atom is -0.493 e. The molecule has 3 nitrogen and oxygen atoms in total. The largest absolute Gasteiger partial charge is 0.493 e. The number of ether oxygens (including phenoxy) is 2. The number of rotatable bonds is 9. The first kappa shape index (κ1) is 16.3. The Morgan fingerprint density at radius 2 is 2.00 bits per heavy atom. The smallest absolute Gasteiger partial charge is 0.175 e. The second-order valence-electron chi connectivity index (χ2n) is 4.49. The Balaban J connectivity index is 2.76. The first-order chi connectivity index (χ1) is 9.22. The predicted octanol–water partition coefficient (Wildman–Crippen LogP) is 4.14. The van der Waals surface area contributed by atoms with Crippen molar-refractivity contribution in [2.75, 3.05) is 20.3 Å². The molecular weight excluding hydrogens is 306 g/mol. The van der Waals surface area contributed by atoms with Crippen LogP contribution in [0.25, 0.3) is 0 Å². The van der Waals surface area contributed by atoms with E-state index in [1.807, 2.05) is 6.07 Å². The van der Waals surface area contributed by atoms with Crippen LogP contribution in [0.1, 0.15) is 38.7 Å². The van der Waals surface area contributed by atoms with Gasteiger partial charge in [0, 0.05) is 6.54 Å². The van der Waals surface area contributed by atoms with E-state index in [9.17, 15) is 0 Å². The molecule has 19 heavy (non-hydrogen) atoms. The molecule has 0 atom stereocenters. The van der Waals surface area contributed by atoms with Crippen LogP contribution in [0.15, 0.2) is 16.6 Å². The summed E-state index contributed by atoms with van der Waals surface area (Å²) in [5.74, 6) is 1.59. The Morgan fingerprint density at radius 1 is 1.21 bits per heavy atom. The van der Waals surface area contributed by atoms with Gasteiger partial charge in [0.2, 0.25) is 0 Å². The van der Waals surface area contributed by atoms with Crippen LogP contribution in [0.5, 0.6) is 11.5 Å². The van der Waals surface area contributed by atoms with Gasteiger partial charge in [0.25, 0.3) is 0 Å². The summed E-state index contributed by atoms with van der Waals surface area (Å²) in [6.45, 7) is 6.90. The van der Waals surface area contributed by atoms with Crippen LogP contribution in [-0.4, -0.2) is 20.3 Å². The van der Waals surface area contributed by atoms with Gasteiger partial charge >= 0.3 is 0 Å². The number of unbranched alkanes of at least 4 members (excludes halogenated alkanes) is 1. The third-order valence-electron chi connectivity index (χ3n) is 2.79. The van der Waals surface area contributed by atoms with Gasteiger partial charge in [0.1, 0.15) is 0 Å². The molecule has 1 aromatic rings. The van der Waals surface area contributed by atoms with E-state index in [2.05, 4.69) is 41.2 Å². The summed E-state index contributed by atoms with van der Waals surface area (Å²) in [6.07, 6.45) is 3.31. The van der Waals surface area contributed by atoms with Gasteiger partial charge in [-0.25, -0.2) is 0 Å². The summed E-state index contributed by atoms with van der Waals surface area (Å²) in [5.41, 5.74) is 1.19. The van der Waals surface area contributed by atoms with E-state index in [0.29, 0.717) is 0 Å². The molecule has 0 heterocycles. The number of hydrogen-bond donors (Lipinski definition) is 1. The molecule has 0 radical (unpaired) electrons. The quantitative estimate of drug-likeness (QED) is 0.691. The zero-order valence-electron chi connectivity index (χ0n) is 12.1. The van der Waals surface area contributed by atoms with Crippen LogP contribution < -0.4 is 14.8 Å². The molecule has 1 rings (SSSR count). The van der Waals surface area contributed by atoms with Crippen molar-refractivity contribution in [2.24, 2.45) is 0 Å². The lowest BCUT2D eigenvalue weighted by Gasteiger charge is -2.14. The maximum Gasteiger partial charge on any atom is 0.175 e. The molecule has 0 bridgehead atoms. The number of halogens is 1. The highest BCUT2D eigenvalue weighted by Crippen LogP contribution is 2.36. The molecule has 1 aromatic carbocycles. The van der Waals surface area contributed by atoms with E-state index in [1.54, 1.807) is 7.11 Å². The van der Waals surface area contributed by atoms with E-state index in [0.717, 1.165) is 54.9 Å².